The van der Waals surface area contributed by atoms with Crippen LogP contribution in [0.4, 0.5) is 0 Å². The maximum absolute atomic E-state index is 10.0. The van der Waals surface area contributed by atoms with Crippen molar-refractivity contribution in [3.8, 4) is 0 Å². The van der Waals surface area contributed by atoms with Crippen molar-refractivity contribution in [2.75, 3.05) is 0 Å². The highest BCUT2D eigenvalue weighted by molar-refractivity contribution is 5.50. The SMILES string of the molecule is CC(C)CC(C)/C=C\C(O)CC=O. The molecule has 0 spiro atoms. The lowest BCUT2D eigenvalue weighted by Gasteiger charge is -2.09. The second-order valence-electron chi connectivity index (χ2n) is 3.96. The Labute approximate surface area is 80.7 Å². The van der Waals surface area contributed by atoms with E-state index in [-0.39, 0.29) is 6.42 Å². The van der Waals surface area contributed by atoms with Gasteiger partial charge >= 0.3 is 0 Å². The van der Waals surface area contributed by atoms with E-state index in [4.69, 9.17) is 0 Å². The van der Waals surface area contributed by atoms with Crippen molar-refractivity contribution >= 4 is 6.29 Å². The van der Waals surface area contributed by atoms with Crippen LogP contribution in [0.3, 0.4) is 0 Å². The van der Waals surface area contributed by atoms with Gasteiger partial charge in [0.2, 0.25) is 0 Å². The van der Waals surface area contributed by atoms with Crippen LogP contribution >= 0.6 is 0 Å². The molecule has 0 radical (unpaired) electrons. The molecule has 0 saturated carbocycles. The standard InChI is InChI=1S/C11H20O2/c1-9(2)8-10(3)4-5-11(13)6-7-12/h4-5,7,9-11,13H,6,8H2,1-3H3/b5-4-. The summed E-state index contributed by atoms with van der Waals surface area (Å²) in [7, 11) is 0. The Morgan fingerprint density at radius 3 is 2.31 bits per heavy atom. The molecule has 0 aliphatic heterocycles. The van der Waals surface area contributed by atoms with Gasteiger partial charge < -0.3 is 9.90 Å². The molecule has 0 aromatic carbocycles. The summed E-state index contributed by atoms with van der Waals surface area (Å²) in [4.78, 5) is 10.0. The molecule has 2 atom stereocenters. The van der Waals surface area contributed by atoms with Crippen LogP contribution in [-0.2, 0) is 4.79 Å². The number of allylic oxidation sites excluding steroid dienone is 1. The Balaban J connectivity index is 3.74. The number of aliphatic hydroxyl groups excluding tert-OH is 1. The van der Waals surface area contributed by atoms with E-state index in [9.17, 15) is 9.90 Å². The van der Waals surface area contributed by atoms with Gasteiger partial charge in [-0.1, -0.05) is 32.9 Å². The summed E-state index contributed by atoms with van der Waals surface area (Å²) in [5, 5.41) is 9.21. The van der Waals surface area contributed by atoms with E-state index in [0.29, 0.717) is 11.8 Å². The minimum absolute atomic E-state index is 0.199. The average molecular weight is 184 g/mol. The topological polar surface area (TPSA) is 37.3 Å². The molecule has 2 unspecified atom stereocenters. The fourth-order valence-corrected chi connectivity index (χ4v) is 1.32. The fourth-order valence-electron chi connectivity index (χ4n) is 1.32. The predicted molar refractivity (Wildman–Crippen MR) is 54.4 cm³/mol. The van der Waals surface area contributed by atoms with E-state index in [1.807, 2.05) is 6.08 Å². The molecule has 2 nitrogen and oxygen atoms in total. The molecule has 0 aromatic rings. The van der Waals surface area contributed by atoms with Crippen molar-refractivity contribution in [3.63, 3.8) is 0 Å². The van der Waals surface area contributed by atoms with Crippen LogP contribution in [0, 0.1) is 11.8 Å². The number of hydrogen-bond donors (Lipinski definition) is 1. The van der Waals surface area contributed by atoms with E-state index in [0.717, 1.165) is 12.7 Å². The van der Waals surface area contributed by atoms with Crippen LogP contribution in [0.25, 0.3) is 0 Å². The number of hydrogen-bond acceptors (Lipinski definition) is 2. The Morgan fingerprint density at radius 1 is 1.23 bits per heavy atom. The monoisotopic (exact) mass is 184 g/mol. The van der Waals surface area contributed by atoms with Gasteiger partial charge in [-0.25, -0.2) is 0 Å². The lowest BCUT2D eigenvalue weighted by molar-refractivity contribution is -0.109. The number of carbonyl (C=O) groups is 1. The van der Waals surface area contributed by atoms with Crippen LogP contribution in [0.1, 0.15) is 33.6 Å². The van der Waals surface area contributed by atoms with E-state index < -0.39 is 6.10 Å². The zero-order valence-corrected chi connectivity index (χ0v) is 8.73. The molecule has 76 valence electrons. The fraction of sp³-hybridized carbons (Fsp3) is 0.727. The van der Waals surface area contributed by atoms with Gasteiger partial charge in [-0.05, 0) is 18.3 Å². The van der Waals surface area contributed by atoms with Gasteiger partial charge in [-0.15, -0.1) is 0 Å². The zero-order valence-electron chi connectivity index (χ0n) is 8.73. The highest BCUT2D eigenvalue weighted by Crippen LogP contribution is 2.12. The summed E-state index contributed by atoms with van der Waals surface area (Å²) in [5.74, 6) is 1.14. The van der Waals surface area contributed by atoms with Crippen molar-refractivity contribution in [1.29, 1.82) is 0 Å². The molecule has 0 aliphatic rings. The first-order valence-electron chi connectivity index (χ1n) is 4.86. The Kier molecular flexibility index (Phi) is 6.51. The van der Waals surface area contributed by atoms with Gasteiger partial charge in [0, 0.05) is 6.42 Å². The molecular formula is C11H20O2. The molecule has 13 heavy (non-hydrogen) atoms. The van der Waals surface area contributed by atoms with Crippen molar-refractivity contribution in [2.45, 2.75) is 39.7 Å². The number of aldehydes is 1. The summed E-state index contributed by atoms with van der Waals surface area (Å²) in [6.45, 7) is 6.46. The largest absolute Gasteiger partial charge is 0.389 e. The summed E-state index contributed by atoms with van der Waals surface area (Å²) in [6.07, 6.45) is 5.14. The Morgan fingerprint density at radius 2 is 1.85 bits per heavy atom. The van der Waals surface area contributed by atoms with Gasteiger partial charge in [0.15, 0.2) is 0 Å². The van der Waals surface area contributed by atoms with E-state index >= 15 is 0 Å². The van der Waals surface area contributed by atoms with Gasteiger partial charge in [0.1, 0.15) is 6.29 Å². The zero-order chi connectivity index (χ0) is 10.3. The summed E-state index contributed by atoms with van der Waals surface area (Å²) >= 11 is 0. The molecule has 0 fully saturated rings. The number of rotatable bonds is 6. The molecule has 0 amide bonds. The molecule has 0 saturated heterocycles. The third-order valence-corrected chi connectivity index (χ3v) is 1.84. The van der Waals surface area contributed by atoms with Gasteiger partial charge in [-0.2, -0.15) is 0 Å². The third-order valence-electron chi connectivity index (χ3n) is 1.84. The molecule has 0 rings (SSSR count). The van der Waals surface area contributed by atoms with Gasteiger partial charge in [0.25, 0.3) is 0 Å². The van der Waals surface area contributed by atoms with Gasteiger partial charge in [0.05, 0.1) is 6.10 Å². The minimum atomic E-state index is -0.605. The highest BCUT2D eigenvalue weighted by atomic mass is 16.3. The first-order valence-corrected chi connectivity index (χ1v) is 4.86. The lowest BCUT2D eigenvalue weighted by atomic mass is 9.98. The van der Waals surface area contributed by atoms with Crippen LogP contribution in [0.2, 0.25) is 0 Å². The van der Waals surface area contributed by atoms with E-state index in [1.165, 1.54) is 0 Å². The Hall–Kier alpha value is -0.630. The summed E-state index contributed by atoms with van der Waals surface area (Å²) in [5.41, 5.74) is 0. The van der Waals surface area contributed by atoms with Crippen LogP contribution < -0.4 is 0 Å². The van der Waals surface area contributed by atoms with Crippen molar-refractivity contribution < 1.29 is 9.90 Å². The molecule has 0 bridgehead atoms. The smallest absolute Gasteiger partial charge is 0.122 e. The highest BCUT2D eigenvalue weighted by Gasteiger charge is 2.02. The second-order valence-corrected chi connectivity index (χ2v) is 3.96. The van der Waals surface area contributed by atoms with E-state index in [1.54, 1.807) is 6.08 Å². The molecular weight excluding hydrogens is 164 g/mol. The normalized spacial score (nSPS) is 16.4. The molecule has 0 aromatic heterocycles. The van der Waals surface area contributed by atoms with Crippen molar-refractivity contribution in [1.82, 2.24) is 0 Å². The number of carbonyl (C=O) groups excluding carboxylic acids is 1. The third kappa shape index (κ3) is 7.72. The van der Waals surface area contributed by atoms with Crippen molar-refractivity contribution in [2.24, 2.45) is 11.8 Å². The maximum atomic E-state index is 10.0. The molecule has 1 N–H and O–H groups in total. The molecule has 0 aliphatic carbocycles. The minimum Gasteiger partial charge on any atom is -0.389 e. The van der Waals surface area contributed by atoms with E-state index in [2.05, 4.69) is 20.8 Å². The summed E-state index contributed by atoms with van der Waals surface area (Å²) in [6, 6.07) is 0. The predicted octanol–water partition coefficient (Wildman–Crippen LogP) is 2.17. The molecule has 2 heteroatoms. The van der Waals surface area contributed by atoms with Crippen LogP contribution in [-0.4, -0.2) is 17.5 Å². The molecule has 0 heterocycles. The first kappa shape index (κ1) is 12.4. The average Bonchev–Trinajstić information content (AvgIpc) is 2.00. The number of aliphatic hydroxyl groups is 1. The van der Waals surface area contributed by atoms with Gasteiger partial charge in [-0.3, -0.25) is 0 Å². The summed E-state index contributed by atoms with van der Waals surface area (Å²) < 4.78 is 0. The van der Waals surface area contributed by atoms with Crippen LogP contribution in [0.15, 0.2) is 12.2 Å². The van der Waals surface area contributed by atoms with Crippen molar-refractivity contribution in [3.05, 3.63) is 12.2 Å². The quantitative estimate of drug-likeness (QED) is 0.507. The van der Waals surface area contributed by atoms with Crippen LogP contribution in [0.5, 0.6) is 0 Å². The maximum Gasteiger partial charge on any atom is 0.122 e. The first-order chi connectivity index (χ1) is 6.06. The second kappa shape index (κ2) is 6.84. The Bertz CT molecular complexity index is 161. The lowest BCUT2D eigenvalue weighted by Crippen LogP contribution is -2.04.